The Bertz CT molecular complexity index is 1280. The molecule has 34 heavy (non-hydrogen) atoms. The molecule has 0 spiro atoms. The van der Waals surface area contributed by atoms with E-state index in [1.54, 1.807) is 17.9 Å². The summed E-state index contributed by atoms with van der Waals surface area (Å²) in [6, 6.07) is 30.5. The van der Waals surface area contributed by atoms with Crippen LogP contribution < -0.4 is 10.3 Å². The molecule has 0 saturated heterocycles. The third kappa shape index (κ3) is 4.16. The summed E-state index contributed by atoms with van der Waals surface area (Å²) in [4.78, 5) is 13.1. The number of benzene rings is 3. The zero-order chi connectivity index (χ0) is 23.5. The van der Waals surface area contributed by atoms with Crippen molar-refractivity contribution in [2.24, 2.45) is 0 Å². The molecule has 0 N–H and O–H groups in total. The van der Waals surface area contributed by atoms with Gasteiger partial charge in [-0.1, -0.05) is 72.8 Å². The zero-order valence-corrected chi connectivity index (χ0v) is 19.7. The van der Waals surface area contributed by atoms with Crippen LogP contribution in [0, 0.1) is 0 Å². The van der Waals surface area contributed by atoms with Crippen molar-refractivity contribution in [1.29, 1.82) is 0 Å². The summed E-state index contributed by atoms with van der Waals surface area (Å²) in [5.41, 5.74) is 5.68. The highest BCUT2D eigenvalue weighted by molar-refractivity contribution is 5.44. The quantitative estimate of drug-likeness (QED) is 0.356. The van der Waals surface area contributed by atoms with Gasteiger partial charge in [-0.05, 0) is 60.6 Å². The van der Waals surface area contributed by atoms with Gasteiger partial charge in [0.15, 0.2) is 0 Å². The molecule has 1 aliphatic rings. The van der Waals surface area contributed by atoms with E-state index in [-0.39, 0.29) is 23.4 Å². The summed E-state index contributed by atoms with van der Waals surface area (Å²) in [5.74, 6) is 1.11. The van der Waals surface area contributed by atoms with E-state index in [9.17, 15) is 4.79 Å². The molecule has 5 rings (SSSR count). The number of ether oxygens (including phenoxy) is 1. The number of aromatic nitrogens is 2. The number of nitrogens with zero attached hydrogens (tertiary/aromatic N) is 2. The molecular weight excluding hydrogens is 420 g/mol. The molecule has 0 saturated carbocycles. The van der Waals surface area contributed by atoms with Crippen LogP contribution in [0.25, 0.3) is 0 Å². The maximum Gasteiger partial charge on any atom is 0.267 e. The van der Waals surface area contributed by atoms with Crippen LogP contribution in [-0.4, -0.2) is 16.9 Å². The molecule has 4 aromatic rings. The van der Waals surface area contributed by atoms with Gasteiger partial charge in [0, 0.05) is 12.0 Å². The fraction of sp³-hybridized carbons (Fsp3) is 0.267. The molecule has 0 fully saturated rings. The average molecular weight is 451 g/mol. The van der Waals surface area contributed by atoms with Gasteiger partial charge >= 0.3 is 0 Å². The molecule has 0 amide bonds. The first-order chi connectivity index (χ1) is 16.7. The zero-order valence-electron chi connectivity index (χ0n) is 19.7. The Hall–Kier alpha value is -3.66. The highest BCUT2D eigenvalue weighted by atomic mass is 16.5. The van der Waals surface area contributed by atoms with Crippen molar-refractivity contribution in [2.45, 2.75) is 44.1 Å². The predicted molar refractivity (Wildman–Crippen MR) is 136 cm³/mol. The minimum atomic E-state index is -0.0641. The Morgan fingerprint density at radius 1 is 0.882 bits per heavy atom. The maximum atomic E-state index is 13.1. The first kappa shape index (κ1) is 22.1. The molecule has 1 heterocycles. The van der Waals surface area contributed by atoms with Crippen LogP contribution in [0.1, 0.15) is 65.6 Å². The number of methoxy groups -OCH3 is 1. The highest BCUT2D eigenvalue weighted by Crippen LogP contribution is 2.42. The minimum absolute atomic E-state index is 0.0415. The molecule has 1 aromatic heterocycles. The van der Waals surface area contributed by atoms with Crippen molar-refractivity contribution in [3.05, 3.63) is 129 Å². The second kappa shape index (κ2) is 9.68. The monoisotopic (exact) mass is 450 g/mol. The first-order valence-electron chi connectivity index (χ1n) is 12.0. The molecule has 4 heteroatoms. The van der Waals surface area contributed by atoms with E-state index in [1.807, 2.05) is 24.3 Å². The largest absolute Gasteiger partial charge is 0.496 e. The van der Waals surface area contributed by atoms with E-state index in [0.717, 1.165) is 41.8 Å². The van der Waals surface area contributed by atoms with Crippen LogP contribution in [-0.2, 0) is 6.42 Å². The number of fused-ring (bicyclic) bond motifs is 1. The van der Waals surface area contributed by atoms with E-state index < -0.39 is 0 Å². The van der Waals surface area contributed by atoms with Crippen LogP contribution in [0.5, 0.6) is 5.75 Å². The Kier molecular flexibility index (Phi) is 6.31. The van der Waals surface area contributed by atoms with Crippen LogP contribution in [0.4, 0.5) is 0 Å². The summed E-state index contributed by atoms with van der Waals surface area (Å²) in [6.07, 6.45) is 3.11. The number of hydrogen-bond acceptors (Lipinski definition) is 3. The van der Waals surface area contributed by atoms with Crippen LogP contribution in [0.15, 0.2) is 95.8 Å². The third-order valence-electron chi connectivity index (χ3n) is 7.11. The lowest BCUT2D eigenvalue weighted by atomic mass is 9.79. The Balaban J connectivity index is 1.58. The molecule has 2 unspecified atom stereocenters. The molecule has 4 nitrogen and oxygen atoms in total. The second-order valence-corrected chi connectivity index (χ2v) is 9.06. The first-order valence-corrected chi connectivity index (χ1v) is 12.0. The number of rotatable bonds is 6. The van der Waals surface area contributed by atoms with Gasteiger partial charge in [-0.2, -0.15) is 5.10 Å². The van der Waals surface area contributed by atoms with E-state index in [2.05, 4.69) is 67.6 Å². The fourth-order valence-electron chi connectivity index (χ4n) is 5.43. The predicted octanol–water partition coefficient (Wildman–Crippen LogP) is 6.11. The molecule has 0 radical (unpaired) electrons. The van der Waals surface area contributed by atoms with Crippen molar-refractivity contribution in [1.82, 2.24) is 9.78 Å². The van der Waals surface area contributed by atoms with Crippen LogP contribution in [0.2, 0.25) is 0 Å². The summed E-state index contributed by atoms with van der Waals surface area (Å²) >= 11 is 0. The molecule has 1 aliphatic carbocycles. The van der Waals surface area contributed by atoms with Crippen molar-refractivity contribution < 1.29 is 4.74 Å². The van der Waals surface area contributed by atoms with Gasteiger partial charge in [-0.3, -0.25) is 4.79 Å². The standard InChI is InChI=1S/C30H30N2O2/c1-21(24-15-9-17-26-25(24)16-10-18-28(26)34-2)32-29(33)20-19-27(31-32)30(22-11-5-3-6-12-22)23-13-7-4-8-14-23/h3-8,10-14,16,18-21,24,30H,9,15,17H2,1-2H3. The van der Waals surface area contributed by atoms with Crippen molar-refractivity contribution in [2.75, 3.05) is 7.11 Å². The Labute approximate surface area is 200 Å². The minimum Gasteiger partial charge on any atom is -0.496 e. The Morgan fingerprint density at radius 3 is 2.21 bits per heavy atom. The smallest absolute Gasteiger partial charge is 0.267 e. The summed E-state index contributed by atoms with van der Waals surface area (Å²) < 4.78 is 7.34. The third-order valence-corrected chi connectivity index (χ3v) is 7.11. The molecule has 172 valence electrons. The van der Waals surface area contributed by atoms with Crippen molar-refractivity contribution >= 4 is 0 Å². The molecule has 0 aliphatic heterocycles. The van der Waals surface area contributed by atoms with E-state index >= 15 is 0 Å². The van der Waals surface area contributed by atoms with Gasteiger partial charge in [0.05, 0.1) is 24.8 Å². The normalized spacial score (nSPS) is 16.1. The van der Waals surface area contributed by atoms with Gasteiger partial charge in [0.2, 0.25) is 0 Å². The summed E-state index contributed by atoms with van der Waals surface area (Å²) in [7, 11) is 1.73. The molecule has 0 bridgehead atoms. The summed E-state index contributed by atoms with van der Waals surface area (Å²) in [6.45, 7) is 2.12. The highest BCUT2D eigenvalue weighted by Gasteiger charge is 2.30. The van der Waals surface area contributed by atoms with Gasteiger partial charge < -0.3 is 4.74 Å². The topological polar surface area (TPSA) is 44.1 Å². The van der Waals surface area contributed by atoms with E-state index in [1.165, 1.54) is 11.1 Å². The maximum absolute atomic E-state index is 13.1. The Morgan fingerprint density at radius 2 is 1.56 bits per heavy atom. The number of hydrogen-bond donors (Lipinski definition) is 0. The van der Waals surface area contributed by atoms with Crippen LogP contribution in [0.3, 0.4) is 0 Å². The lowest BCUT2D eigenvalue weighted by Gasteiger charge is -2.32. The SMILES string of the molecule is COc1cccc2c1CCCC2C(C)n1nc(C(c2ccccc2)c2ccccc2)ccc1=O. The molecule has 2 atom stereocenters. The lowest BCUT2D eigenvalue weighted by Crippen LogP contribution is -2.31. The van der Waals surface area contributed by atoms with E-state index in [4.69, 9.17) is 9.84 Å². The van der Waals surface area contributed by atoms with Crippen LogP contribution >= 0.6 is 0 Å². The fourth-order valence-corrected chi connectivity index (χ4v) is 5.43. The van der Waals surface area contributed by atoms with Gasteiger partial charge in [0.1, 0.15) is 5.75 Å². The van der Waals surface area contributed by atoms with Gasteiger partial charge in [0.25, 0.3) is 5.56 Å². The van der Waals surface area contributed by atoms with Crippen molar-refractivity contribution in [3.8, 4) is 5.75 Å². The average Bonchev–Trinajstić information content (AvgIpc) is 2.90. The van der Waals surface area contributed by atoms with Crippen molar-refractivity contribution in [3.63, 3.8) is 0 Å². The summed E-state index contributed by atoms with van der Waals surface area (Å²) in [5, 5.41) is 4.99. The molecule has 3 aromatic carbocycles. The molecular formula is C30H30N2O2. The van der Waals surface area contributed by atoms with E-state index in [0.29, 0.717) is 0 Å². The van der Waals surface area contributed by atoms with Gasteiger partial charge in [-0.25, -0.2) is 4.68 Å². The lowest BCUT2D eigenvalue weighted by molar-refractivity contribution is 0.347. The van der Waals surface area contributed by atoms with Gasteiger partial charge in [-0.15, -0.1) is 0 Å². The second-order valence-electron chi connectivity index (χ2n) is 9.06.